The molecule has 0 spiro atoms. The first-order valence-corrected chi connectivity index (χ1v) is 10.5. The van der Waals surface area contributed by atoms with Crippen LogP contribution in [0.3, 0.4) is 0 Å². The fraction of sp³-hybridized carbons (Fsp3) is 0.240. The van der Waals surface area contributed by atoms with Gasteiger partial charge in [-0.25, -0.2) is 0 Å². The van der Waals surface area contributed by atoms with Crippen LogP contribution in [-0.2, 0) is 16.0 Å². The lowest BCUT2D eigenvalue weighted by atomic mass is 9.95. The van der Waals surface area contributed by atoms with Crippen molar-refractivity contribution in [2.24, 2.45) is 11.7 Å². The van der Waals surface area contributed by atoms with E-state index in [0.29, 0.717) is 37.2 Å². The Labute approximate surface area is 181 Å². The first-order valence-electron chi connectivity index (χ1n) is 10.5. The van der Waals surface area contributed by atoms with Crippen molar-refractivity contribution < 1.29 is 14.4 Å². The van der Waals surface area contributed by atoms with Crippen LogP contribution < -0.4 is 11.1 Å². The molecule has 4 rings (SSSR count). The Kier molecular flexibility index (Phi) is 5.98. The number of carbonyl (C=O) groups excluding carboxylic acids is 3. The van der Waals surface area contributed by atoms with E-state index in [0.717, 1.165) is 16.3 Å². The second-order valence-electron chi connectivity index (χ2n) is 7.92. The number of primary amides is 1. The van der Waals surface area contributed by atoms with E-state index in [9.17, 15) is 14.4 Å². The molecule has 0 radical (unpaired) electrons. The summed E-state index contributed by atoms with van der Waals surface area (Å²) in [6.45, 7) is 0.956. The van der Waals surface area contributed by atoms with Gasteiger partial charge in [0.1, 0.15) is 0 Å². The van der Waals surface area contributed by atoms with Gasteiger partial charge in [0.2, 0.25) is 11.8 Å². The van der Waals surface area contributed by atoms with E-state index in [4.69, 9.17) is 5.73 Å². The second-order valence-corrected chi connectivity index (χ2v) is 7.92. The molecule has 1 fully saturated rings. The third-order valence-electron chi connectivity index (χ3n) is 5.79. The van der Waals surface area contributed by atoms with Gasteiger partial charge in [-0.3, -0.25) is 14.4 Å². The highest BCUT2D eigenvalue weighted by Crippen LogP contribution is 2.23. The number of benzene rings is 3. The SMILES string of the molecule is NC(=O)C1CCN(C(=O)c2ccccc2NC(=O)Cc2ccc3ccccc3c2)CC1. The first-order chi connectivity index (χ1) is 15.0. The topological polar surface area (TPSA) is 92.5 Å². The number of rotatable bonds is 5. The molecule has 31 heavy (non-hydrogen) atoms. The van der Waals surface area contributed by atoms with E-state index >= 15 is 0 Å². The molecule has 6 nitrogen and oxygen atoms in total. The zero-order valence-electron chi connectivity index (χ0n) is 17.2. The molecule has 1 aliphatic rings. The molecule has 0 aromatic heterocycles. The Morgan fingerprint density at radius 1 is 0.903 bits per heavy atom. The molecule has 3 aromatic carbocycles. The van der Waals surface area contributed by atoms with Crippen LogP contribution in [0.15, 0.2) is 66.7 Å². The number of nitrogens with zero attached hydrogens (tertiary/aromatic N) is 1. The summed E-state index contributed by atoms with van der Waals surface area (Å²) >= 11 is 0. The highest BCUT2D eigenvalue weighted by Gasteiger charge is 2.27. The quantitative estimate of drug-likeness (QED) is 0.669. The van der Waals surface area contributed by atoms with Crippen LogP contribution >= 0.6 is 0 Å². The van der Waals surface area contributed by atoms with Crippen LogP contribution in [0.2, 0.25) is 0 Å². The van der Waals surface area contributed by atoms with Gasteiger partial charge in [-0.15, -0.1) is 0 Å². The normalized spacial score (nSPS) is 14.4. The maximum atomic E-state index is 13.0. The van der Waals surface area contributed by atoms with Crippen LogP contribution in [-0.4, -0.2) is 35.7 Å². The molecule has 0 atom stereocenters. The Morgan fingerprint density at radius 3 is 2.32 bits per heavy atom. The zero-order valence-corrected chi connectivity index (χ0v) is 17.2. The number of para-hydroxylation sites is 1. The fourth-order valence-corrected chi connectivity index (χ4v) is 4.04. The maximum absolute atomic E-state index is 13.0. The Balaban J connectivity index is 1.44. The number of nitrogens with one attached hydrogen (secondary N) is 1. The summed E-state index contributed by atoms with van der Waals surface area (Å²) in [5, 5.41) is 5.11. The van der Waals surface area contributed by atoms with Gasteiger partial charge in [0.05, 0.1) is 17.7 Å². The minimum atomic E-state index is -0.312. The van der Waals surface area contributed by atoms with Crippen LogP contribution in [0, 0.1) is 5.92 Å². The van der Waals surface area contributed by atoms with E-state index in [1.54, 1.807) is 29.2 Å². The Bertz CT molecular complexity index is 1130. The van der Waals surface area contributed by atoms with Gasteiger partial charge in [-0.2, -0.15) is 0 Å². The third-order valence-corrected chi connectivity index (χ3v) is 5.79. The molecule has 3 N–H and O–H groups in total. The third kappa shape index (κ3) is 4.74. The summed E-state index contributed by atoms with van der Waals surface area (Å²) in [6, 6.07) is 21.0. The van der Waals surface area contributed by atoms with Gasteiger partial charge in [-0.05, 0) is 41.3 Å². The summed E-state index contributed by atoms with van der Waals surface area (Å²) in [5.74, 6) is -0.818. The highest BCUT2D eigenvalue weighted by molar-refractivity contribution is 6.04. The van der Waals surface area contributed by atoms with Crippen molar-refractivity contribution in [3.63, 3.8) is 0 Å². The van der Waals surface area contributed by atoms with E-state index in [1.165, 1.54) is 0 Å². The summed E-state index contributed by atoms with van der Waals surface area (Å²) in [7, 11) is 0. The number of anilines is 1. The molecule has 0 bridgehead atoms. The molecule has 1 saturated heterocycles. The smallest absolute Gasteiger partial charge is 0.255 e. The molecule has 0 unspecified atom stereocenters. The van der Waals surface area contributed by atoms with E-state index in [2.05, 4.69) is 5.32 Å². The second kappa shape index (κ2) is 9.00. The average Bonchev–Trinajstić information content (AvgIpc) is 2.79. The zero-order chi connectivity index (χ0) is 21.8. The molecular weight excluding hydrogens is 390 g/mol. The largest absolute Gasteiger partial charge is 0.369 e. The van der Waals surface area contributed by atoms with Crippen molar-refractivity contribution in [3.8, 4) is 0 Å². The van der Waals surface area contributed by atoms with Crippen LogP contribution in [0.1, 0.15) is 28.8 Å². The molecule has 158 valence electrons. The number of carbonyl (C=O) groups is 3. The van der Waals surface area contributed by atoms with E-state index in [-0.39, 0.29) is 30.1 Å². The number of hydrogen-bond acceptors (Lipinski definition) is 3. The van der Waals surface area contributed by atoms with Crippen molar-refractivity contribution >= 4 is 34.2 Å². The van der Waals surface area contributed by atoms with E-state index < -0.39 is 0 Å². The Hall–Kier alpha value is -3.67. The first kappa shape index (κ1) is 20.6. The van der Waals surface area contributed by atoms with Crippen LogP contribution in [0.4, 0.5) is 5.69 Å². The van der Waals surface area contributed by atoms with Gasteiger partial charge >= 0.3 is 0 Å². The minimum Gasteiger partial charge on any atom is -0.369 e. The molecule has 3 amide bonds. The summed E-state index contributed by atoms with van der Waals surface area (Å²) < 4.78 is 0. The maximum Gasteiger partial charge on any atom is 0.255 e. The summed E-state index contributed by atoms with van der Waals surface area (Å²) in [6.07, 6.45) is 1.35. The molecule has 3 aromatic rings. The number of nitrogens with two attached hydrogens (primary N) is 1. The summed E-state index contributed by atoms with van der Waals surface area (Å²) in [5.41, 5.74) is 7.24. The molecule has 1 aliphatic heterocycles. The highest BCUT2D eigenvalue weighted by atomic mass is 16.2. The number of piperidine rings is 1. The Morgan fingerprint density at radius 2 is 1.58 bits per heavy atom. The van der Waals surface area contributed by atoms with Gasteiger partial charge in [0.25, 0.3) is 5.91 Å². The number of fused-ring (bicyclic) bond motifs is 1. The standard InChI is InChI=1S/C25H25N3O3/c26-24(30)19-11-13-28(14-12-19)25(31)21-7-3-4-8-22(21)27-23(29)16-17-9-10-18-5-1-2-6-20(18)15-17/h1-10,15,19H,11-14,16H2,(H2,26,30)(H,27,29). The van der Waals surface area contributed by atoms with Crippen molar-refractivity contribution in [3.05, 3.63) is 77.9 Å². The molecule has 6 heteroatoms. The fourth-order valence-electron chi connectivity index (χ4n) is 4.04. The monoisotopic (exact) mass is 415 g/mol. The number of amides is 3. The molecule has 1 heterocycles. The predicted molar refractivity (Wildman–Crippen MR) is 121 cm³/mol. The minimum absolute atomic E-state index is 0.149. The van der Waals surface area contributed by atoms with Crippen molar-refractivity contribution in [2.45, 2.75) is 19.3 Å². The van der Waals surface area contributed by atoms with Crippen LogP contribution in [0.25, 0.3) is 10.8 Å². The predicted octanol–water partition coefficient (Wildman–Crippen LogP) is 3.36. The molecular formula is C25H25N3O3. The van der Waals surface area contributed by atoms with Crippen LogP contribution in [0.5, 0.6) is 0 Å². The summed E-state index contributed by atoms with van der Waals surface area (Å²) in [4.78, 5) is 38.8. The number of hydrogen-bond donors (Lipinski definition) is 2. The van der Waals surface area contributed by atoms with Gasteiger partial charge in [0.15, 0.2) is 0 Å². The van der Waals surface area contributed by atoms with Crippen molar-refractivity contribution in [1.82, 2.24) is 4.90 Å². The van der Waals surface area contributed by atoms with Crippen molar-refractivity contribution in [2.75, 3.05) is 18.4 Å². The van der Waals surface area contributed by atoms with Gasteiger partial charge in [0, 0.05) is 19.0 Å². The van der Waals surface area contributed by atoms with Gasteiger partial charge < -0.3 is 16.0 Å². The lowest BCUT2D eigenvalue weighted by Gasteiger charge is -2.31. The van der Waals surface area contributed by atoms with Crippen molar-refractivity contribution in [1.29, 1.82) is 0 Å². The number of likely N-dealkylation sites (tertiary alicyclic amines) is 1. The molecule has 0 aliphatic carbocycles. The molecule has 0 saturated carbocycles. The lowest BCUT2D eigenvalue weighted by molar-refractivity contribution is -0.123. The lowest BCUT2D eigenvalue weighted by Crippen LogP contribution is -2.42. The average molecular weight is 415 g/mol. The van der Waals surface area contributed by atoms with E-state index in [1.807, 2.05) is 42.5 Å². The van der Waals surface area contributed by atoms with Gasteiger partial charge in [-0.1, -0.05) is 54.6 Å².